The molecular weight excluding hydrogens is 268 g/mol. The van der Waals surface area contributed by atoms with E-state index in [0.29, 0.717) is 11.3 Å². The zero-order valence-electron chi connectivity index (χ0n) is 10.8. The lowest BCUT2D eigenvalue weighted by molar-refractivity contribution is -0.117. The van der Waals surface area contributed by atoms with Gasteiger partial charge in [0, 0.05) is 5.92 Å². The Hall–Kier alpha value is -1.60. The molecule has 0 radical (unpaired) electrons. The number of ether oxygens (including phenoxy) is 1. The van der Waals surface area contributed by atoms with Crippen molar-refractivity contribution in [1.29, 1.82) is 0 Å². The highest BCUT2D eigenvalue weighted by Gasteiger charge is 2.31. The molecule has 0 heterocycles. The van der Waals surface area contributed by atoms with Gasteiger partial charge < -0.3 is 10.1 Å². The quantitative estimate of drug-likeness (QED) is 0.861. The molecule has 1 fully saturated rings. The number of rotatable bonds is 4. The number of hydrogen-bond donors (Lipinski definition) is 2. The lowest BCUT2D eigenvalue weighted by Crippen LogP contribution is -2.18. The van der Waals surface area contributed by atoms with Crippen molar-refractivity contribution in [3.63, 3.8) is 0 Å². The predicted molar refractivity (Wildman–Crippen MR) is 70.5 cm³/mol. The highest BCUT2D eigenvalue weighted by Crippen LogP contribution is 2.36. The maximum Gasteiger partial charge on any atom is 0.241 e. The van der Waals surface area contributed by atoms with Gasteiger partial charge in [0.1, 0.15) is 4.90 Å². The van der Waals surface area contributed by atoms with E-state index in [9.17, 15) is 13.2 Å². The van der Waals surface area contributed by atoms with Gasteiger partial charge in [-0.05, 0) is 37.5 Å². The molecule has 6 nitrogen and oxygen atoms in total. The van der Waals surface area contributed by atoms with Gasteiger partial charge in [0.15, 0.2) is 5.75 Å². The number of anilines is 1. The molecule has 0 spiro atoms. The summed E-state index contributed by atoms with van der Waals surface area (Å²) < 4.78 is 28.2. The van der Waals surface area contributed by atoms with Gasteiger partial charge in [-0.15, -0.1) is 0 Å². The second-order valence-corrected chi connectivity index (χ2v) is 6.18. The summed E-state index contributed by atoms with van der Waals surface area (Å²) in [6.45, 7) is 1.72. The fraction of sp³-hybridized carbons (Fsp3) is 0.417. The fourth-order valence-corrected chi connectivity index (χ4v) is 2.64. The van der Waals surface area contributed by atoms with E-state index in [0.717, 1.165) is 12.8 Å². The van der Waals surface area contributed by atoms with Gasteiger partial charge in [0.05, 0.1) is 12.8 Å². The molecular formula is C12H16N2O4S. The van der Waals surface area contributed by atoms with Gasteiger partial charge in [0.2, 0.25) is 15.9 Å². The number of amides is 1. The van der Waals surface area contributed by atoms with Crippen LogP contribution >= 0.6 is 0 Å². The van der Waals surface area contributed by atoms with Crippen LogP contribution in [0.4, 0.5) is 5.69 Å². The first-order valence-electron chi connectivity index (χ1n) is 5.85. The van der Waals surface area contributed by atoms with E-state index in [1.54, 1.807) is 13.0 Å². The molecule has 1 aromatic carbocycles. The Kier molecular flexibility index (Phi) is 3.51. The summed E-state index contributed by atoms with van der Waals surface area (Å²) >= 11 is 0. The molecule has 1 aromatic rings. The monoisotopic (exact) mass is 284 g/mol. The molecule has 7 heteroatoms. The molecule has 1 aliphatic rings. The highest BCUT2D eigenvalue weighted by molar-refractivity contribution is 7.89. The Morgan fingerprint density at radius 2 is 2.05 bits per heavy atom. The first-order chi connectivity index (χ1) is 8.82. The van der Waals surface area contributed by atoms with Gasteiger partial charge in [-0.1, -0.05) is 0 Å². The minimum atomic E-state index is -3.91. The Balaban J connectivity index is 2.47. The van der Waals surface area contributed by atoms with E-state index < -0.39 is 10.0 Å². The summed E-state index contributed by atoms with van der Waals surface area (Å²) in [5.41, 5.74) is 1.01. The molecule has 104 valence electrons. The molecule has 2 rings (SSSR count). The van der Waals surface area contributed by atoms with Crippen molar-refractivity contribution in [3.8, 4) is 5.75 Å². The number of hydrogen-bond acceptors (Lipinski definition) is 4. The number of carbonyl (C=O) groups is 1. The molecule has 19 heavy (non-hydrogen) atoms. The molecule has 0 unspecified atom stereocenters. The summed E-state index contributed by atoms with van der Waals surface area (Å²) in [6, 6.07) is 3.08. The molecule has 1 saturated carbocycles. The summed E-state index contributed by atoms with van der Waals surface area (Å²) in [7, 11) is -2.57. The number of nitrogens with two attached hydrogens (primary N) is 1. The summed E-state index contributed by atoms with van der Waals surface area (Å²) in [6.07, 6.45) is 1.73. The van der Waals surface area contributed by atoms with Crippen LogP contribution in [0.5, 0.6) is 5.75 Å². The van der Waals surface area contributed by atoms with Crippen LogP contribution in [0.1, 0.15) is 18.4 Å². The van der Waals surface area contributed by atoms with Gasteiger partial charge in [-0.3, -0.25) is 4.79 Å². The first kappa shape index (κ1) is 13.8. The van der Waals surface area contributed by atoms with Gasteiger partial charge in [-0.2, -0.15) is 0 Å². The molecule has 0 saturated heterocycles. The number of nitrogens with one attached hydrogen (secondary N) is 1. The van der Waals surface area contributed by atoms with Gasteiger partial charge in [0.25, 0.3) is 0 Å². The number of sulfonamides is 1. The standard InChI is InChI=1S/C12H16N2O4S/c1-7-5-9(14-12(15)8-3-4-8)11(18-2)10(6-7)19(13,16)17/h5-6,8H,3-4H2,1-2H3,(H,14,15)(H2,13,16,17). The van der Waals surface area contributed by atoms with Crippen LogP contribution in [-0.2, 0) is 14.8 Å². The number of primary sulfonamides is 1. The van der Waals surface area contributed by atoms with Gasteiger partial charge in [-0.25, -0.2) is 13.6 Å². The van der Waals surface area contributed by atoms with E-state index in [1.807, 2.05) is 0 Å². The third-order valence-corrected chi connectivity index (χ3v) is 3.83. The number of benzene rings is 1. The van der Waals surface area contributed by atoms with Crippen molar-refractivity contribution in [2.75, 3.05) is 12.4 Å². The normalized spacial score (nSPS) is 15.1. The molecule has 1 aliphatic carbocycles. The van der Waals surface area contributed by atoms with Crippen molar-refractivity contribution in [2.45, 2.75) is 24.7 Å². The third kappa shape index (κ3) is 3.05. The SMILES string of the molecule is COc1c(NC(=O)C2CC2)cc(C)cc1S(N)(=O)=O. The predicted octanol–water partition coefficient (Wildman–Crippen LogP) is 1.000. The lowest BCUT2D eigenvalue weighted by Gasteiger charge is -2.14. The second-order valence-electron chi connectivity index (χ2n) is 4.65. The molecule has 0 bridgehead atoms. The first-order valence-corrected chi connectivity index (χ1v) is 7.40. The number of carbonyl (C=O) groups excluding carboxylic acids is 1. The largest absolute Gasteiger partial charge is 0.493 e. The van der Waals surface area contributed by atoms with E-state index in [2.05, 4.69) is 5.32 Å². The van der Waals surface area contributed by atoms with Crippen LogP contribution in [0.2, 0.25) is 0 Å². The minimum Gasteiger partial charge on any atom is -0.493 e. The maximum atomic E-state index is 11.8. The molecule has 0 aromatic heterocycles. The minimum absolute atomic E-state index is 0.0168. The average Bonchev–Trinajstić information content (AvgIpc) is 3.10. The number of aryl methyl sites for hydroxylation is 1. The van der Waals surface area contributed by atoms with Crippen LogP contribution in [0.25, 0.3) is 0 Å². The smallest absolute Gasteiger partial charge is 0.241 e. The number of methoxy groups -OCH3 is 1. The van der Waals surface area contributed by atoms with Crippen LogP contribution in [-0.4, -0.2) is 21.4 Å². The van der Waals surface area contributed by atoms with E-state index in [1.165, 1.54) is 13.2 Å². The maximum absolute atomic E-state index is 11.8. The Morgan fingerprint density at radius 3 is 2.53 bits per heavy atom. The molecule has 0 atom stereocenters. The topological polar surface area (TPSA) is 98.5 Å². The van der Waals surface area contributed by atoms with E-state index in [-0.39, 0.29) is 22.5 Å². The zero-order chi connectivity index (χ0) is 14.2. The third-order valence-electron chi connectivity index (χ3n) is 2.92. The average molecular weight is 284 g/mol. The zero-order valence-corrected chi connectivity index (χ0v) is 11.6. The van der Waals surface area contributed by atoms with Crippen molar-refractivity contribution in [3.05, 3.63) is 17.7 Å². The summed E-state index contributed by atoms with van der Waals surface area (Å²) in [5.74, 6) is -0.0329. The Morgan fingerprint density at radius 1 is 1.42 bits per heavy atom. The Labute approximate surface area is 112 Å². The van der Waals surface area contributed by atoms with Gasteiger partial charge >= 0.3 is 0 Å². The molecule has 0 aliphatic heterocycles. The Bertz CT molecular complexity index is 621. The van der Waals surface area contributed by atoms with Crippen molar-refractivity contribution in [2.24, 2.45) is 11.1 Å². The summed E-state index contributed by atoms with van der Waals surface area (Å²) in [4.78, 5) is 11.6. The van der Waals surface area contributed by atoms with E-state index in [4.69, 9.17) is 9.88 Å². The van der Waals surface area contributed by atoms with Crippen LogP contribution in [0.3, 0.4) is 0 Å². The molecule has 1 amide bonds. The van der Waals surface area contributed by atoms with Crippen molar-refractivity contribution >= 4 is 21.6 Å². The van der Waals surface area contributed by atoms with Crippen LogP contribution < -0.4 is 15.2 Å². The van der Waals surface area contributed by atoms with Crippen molar-refractivity contribution < 1.29 is 17.9 Å². The van der Waals surface area contributed by atoms with Crippen LogP contribution in [0.15, 0.2) is 17.0 Å². The summed E-state index contributed by atoms with van der Waals surface area (Å²) in [5, 5.41) is 7.85. The van der Waals surface area contributed by atoms with E-state index >= 15 is 0 Å². The molecule has 3 N–H and O–H groups in total. The van der Waals surface area contributed by atoms with Crippen LogP contribution in [0, 0.1) is 12.8 Å². The second kappa shape index (κ2) is 4.82. The highest BCUT2D eigenvalue weighted by atomic mass is 32.2. The fourth-order valence-electron chi connectivity index (χ4n) is 1.83. The van der Waals surface area contributed by atoms with Crippen molar-refractivity contribution in [1.82, 2.24) is 0 Å². The lowest BCUT2D eigenvalue weighted by atomic mass is 10.2.